The molecule has 8 nitrogen and oxygen atoms in total. The maximum atomic E-state index is 12.0. The highest BCUT2D eigenvalue weighted by molar-refractivity contribution is 5.69. The molecule has 196 valence electrons. The Kier molecular flexibility index (Phi) is 17.9. The van der Waals surface area contributed by atoms with Crippen molar-refractivity contribution in [2.75, 3.05) is 26.4 Å². The molecule has 0 aromatic carbocycles. The SMILES string of the molecule is CCCCCCCCCCCCCCCC(=O)OCC(CO)O[C@H](CO)[C@H]1OC[C@H](O)[C@H]1O. The number of hydrogen-bond acceptors (Lipinski definition) is 8. The molecule has 33 heavy (non-hydrogen) atoms. The minimum atomic E-state index is -1.18. The van der Waals surface area contributed by atoms with Gasteiger partial charge in [-0.3, -0.25) is 4.79 Å². The van der Waals surface area contributed by atoms with Crippen molar-refractivity contribution in [1.29, 1.82) is 0 Å². The molecule has 0 spiro atoms. The zero-order valence-electron chi connectivity index (χ0n) is 20.5. The molecule has 1 unspecified atom stereocenters. The fraction of sp³-hybridized carbons (Fsp3) is 0.960. The molecular formula is C25H48O8. The van der Waals surface area contributed by atoms with Crippen molar-refractivity contribution >= 4 is 5.97 Å². The molecule has 0 aromatic heterocycles. The monoisotopic (exact) mass is 476 g/mol. The second-order valence-corrected chi connectivity index (χ2v) is 9.19. The van der Waals surface area contributed by atoms with Gasteiger partial charge in [0, 0.05) is 6.42 Å². The summed E-state index contributed by atoms with van der Waals surface area (Å²) in [4.78, 5) is 12.0. The zero-order valence-corrected chi connectivity index (χ0v) is 20.5. The molecule has 1 aliphatic heterocycles. The van der Waals surface area contributed by atoms with Gasteiger partial charge in [0.05, 0.1) is 19.8 Å². The molecule has 0 aliphatic carbocycles. The fourth-order valence-electron chi connectivity index (χ4n) is 4.10. The number of unbranched alkanes of at least 4 members (excludes halogenated alkanes) is 12. The Hall–Kier alpha value is -0.770. The predicted octanol–water partition coefficient (Wildman–Crippen LogP) is 2.87. The van der Waals surface area contributed by atoms with Crippen molar-refractivity contribution in [3.05, 3.63) is 0 Å². The van der Waals surface area contributed by atoms with Gasteiger partial charge in [-0.15, -0.1) is 0 Å². The summed E-state index contributed by atoms with van der Waals surface area (Å²) >= 11 is 0. The summed E-state index contributed by atoms with van der Waals surface area (Å²) in [6.45, 7) is 1.18. The van der Waals surface area contributed by atoms with Gasteiger partial charge in [-0.1, -0.05) is 84.0 Å². The van der Waals surface area contributed by atoms with Crippen LogP contribution < -0.4 is 0 Å². The van der Waals surface area contributed by atoms with Crippen LogP contribution >= 0.6 is 0 Å². The molecule has 1 rings (SSSR count). The normalized spacial score (nSPS) is 22.4. The second-order valence-electron chi connectivity index (χ2n) is 9.19. The number of rotatable bonds is 21. The summed E-state index contributed by atoms with van der Waals surface area (Å²) in [7, 11) is 0. The van der Waals surface area contributed by atoms with Gasteiger partial charge in [0.1, 0.15) is 37.1 Å². The molecule has 8 heteroatoms. The smallest absolute Gasteiger partial charge is 0.305 e. The summed E-state index contributed by atoms with van der Waals surface area (Å²) < 4.78 is 16.0. The van der Waals surface area contributed by atoms with Gasteiger partial charge in [-0.25, -0.2) is 0 Å². The number of carbonyl (C=O) groups excluding carboxylic acids is 1. The van der Waals surface area contributed by atoms with E-state index in [1.165, 1.54) is 64.2 Å². The van der Waals surface area contributed by atoms with Gasteiger partial charge < -0.3 is 34.6 Å². The van der Waals surface area contributed by atoms with E-state index in [0.717, 1.165) is 19.3 Å². The van der Waals surface area contributed by atoms with Crippen molar-refractivity contribution in [2.45, 2.75) is 127 Å². The van der Waals surface area contributed by atoms with Crippen molar-refractivity contribution in [2.24, 2.45) is 0 Å². The molecule has 0 saturated carbocycles. The van der Waals surface area contributed by atoms with Crippen molar-refractivity contribution in [1.82, 2.24) is 0 Å². The summed E-state index contributed by atoms with van der Waals surface area (Å²) in [5.41, 5.74) is 0. The van der Waals surface area contributed by atoms with Gasteiger partial charge in [0.15, 0.2) is 0 Å². The highest BCUT2D eigenvalue weighted by Gasteiger charge is 2.41. The van der Waals surface area contributed by atoms with Crippen LogP contribution in [0, 0.1) is 0 Å². The van der Waals surface area contributed by atoms with Crippen LogP contribution in [-0.2, 0) is 19.0 Å². The van der Waals surface area contributed by atoms with E-state index in [-0.39, 0.29) is 19.2 Å². The van der Waals surface area contributed by atoms with E-state index >= 15 is 0 Å². The molecule has 0 bridgehead atoms. The van der Waals surface area contributed by atoms with Gasteiger partial charge in [-0.2, -0.15) is 0 Å². The van der Waals surface area contributed by atoms with Crippen LogP contribution in [0.25, 0.3) is 0 Å². The fourth-order valence-corrected chi connectivity index (χ4v) is 4.10. The quantitative estimate of drug-likeness (QED) is 0.147. The van der Waals surface area contributed by atoms with Crippen LogP contribution in [0.15, 0.2) is 0 Å². The van der Waals surface area contributed by atoms with E-state index in [1.54, 1.807) is 0 Å². The molecule has 5 atom stereocenters. The lowest BCUT2D eigenvalue weighted by Gasteiger charge is -2.27. The third-order valence-corrected chi connectivity index (χ3v) is 6.22. The topological polar surface area (TPSA) is 126 Å². The van der Waals surface area contributed by atoms with Gasteiger partial charge >= 0.3 is 5.97 Å². The number of aliphatic hydroxyl groups excluding tert-OH is 4. The average Bonchev–Trinajstić information content (AvgIpc) is 3.15. The summed E-state index contributed by atoms with van der Waals surface area (Å²) in [5, 5.41) is 38.5. The molecule has 4 N–H and O–H groups in total. The lowest BCUT2D eigenvalue weighted by molar-refractivity contribution is -0.163. The first-order valence-corrected chi connectivity index (χ1v) is 13.0. The maximum Gasteiger partial charge on any atom is 0.305 e. The average molecular weight is 477 g/mol. The van der Waals surface area contributed by atoms with Crippen LogP contribution in [0.4, 0.5) is 0 Å². The Labute approximate surface area is 199 Å². The summed E-state index contributed by atoms with van der Waals surface area (Å²) in [6.07, 6.45) is 11.6. The Morgan fingerprint density at radius 3 is 1.88 bits per heavy atom. The molecule has 1 saturated heterocycles. The first-order chi connectivity index (χ1) is 16.0. The minimum absolute atomic E-state index is 0.0520. The second kappa shape index (κ2) is 19.5. The lowest BCUT2D eigenvalue weighted by Crippen LogP contribution is -2.45. The van der Waals surface area contributed by atoms with E-state index in [2.05, 4.69) is 6.92 Å². The Morgan fingerprint density at radius 2 is 1.42 bits per heavy atom. The third-order valence-electron chi connectivity index (χ3n) is 6.22. The summed E-state index contributed by atoms with van der Waals surface area (Å²) in [5.74, 6) is -0.340. The summed E-state index contributed by atoms with van der Waals surface area (Å²) in [6, 6.07) is 0. The van der Waals surface area contributed by atoms with Gasteiger partial charge in [0.2, 0.25) is 0 Å². The van der Waals surface area contributed by atoms with E-state index in [1.807, 2.05) is 0 Å². The number of aliphatic hydroxyl groups is 4. The molecule has 1 fully saturated rings. The number of carbonyl (C=O) groups is 1. The number of esters is 1. The number of ether oxygens (including phenoxy) is 3. The molecule has 1 heterocycles. The first-order valence-electron chi connectivity index (χ1n) is 13.0. The standard InChI is InChI=1S/C25H48O8/c1-2-3-4-5-6-7-8-9-10-11-12-13-14-15-23(29)31-18-20(16-26)33-22(17-27)25-24(30)21(28)19-32-25/h20-22,24-28,30H,2-19H2,1H3/t20?,21-,22+,24+,25+/m0/s1. The van der Waals surface area contributed by atoms with Crippen LogP contribution in [-0.4, -0.2) is 83.3 Å². The zero-order chi connectivity index (χ0) is 24.3. The Morgan fingerprint density at radius 1 is 0.879 bits per heavy atom. The molecule has 0 radical (unpaired) electrons. The van der Waals surface area contributed by atoms with Crippen molar-refractivity contribution in [3.8, 4) is 0 Å². The van der Waals surface area contributed by atoms with Gasteiger partial charge in [-0.05, 0) is 6.42 Å². The van der Waals surface area contributed by atoms with Crippen LogP contribution in [0.5, 0.6) is 0 Å². The van der Waals surface area contributed by atoms with Crippen molar-refractivity contribution in [3.63, 3.8) is 0 Å². The molecule has 1 aliphatic rings. The lowest BCUT2D eigenvalue weighted by atomic mass is 10.0. The third kappa shape index (κ3) is 13.6. The van der Waals surface area contributed by atoms with Crippen LogP contribution in [0.1, 0.15) is 96.8 Å². The highest BCUT2D eigenvalue weighted by Crippen LogP contribution is 2.20. The number of hydrogen-bond donors (Lipinski definition) is 4. The van der Waals surface area contributed by atoms with E-state index < -0.39 is 43.7 Å². The van der Waals surface area contributed by atoms with Crippen LogP contribution in [0.2, 0.25) is 0 Å². The minimum Gasteiger partial charge on any atom is -0.463 e. The Balaban J connectivity index is 2.03. The van der Waals surface area contributed by atoms with E-state index in [9.17, 15) is 25.2 Å². The Bertz CT molecular complexity index is 475. The van der Waals surface area contributed by atoms with E-state index in [0.29, 0.717) is 6.42 Å². The predicted molar refractivity (Wildman–Crippen MR) is 126 cm³/mol. The largest absolute Gasteiger partial charge is 0.463 e. The van der Waals surface area contributed by atoms with E-state index in [4.69, 9.17) is 14.2 Å². The van der Waals surface area contributed by atoms with Crippen molar-refractivity contribution < 1.29 is 39.4 Å². The first kappa shape index (κ1) is 30.3. The molecular weight excluding hydrogens is 428 g/mol. The van der Waals surface area contributed by atoms with Gasteiger partial charge in [0.25, 0.3) is 0 Å². The molecule has 0 aromatic rings. The van der Waals surface area contributed by atoms with Crippen LogP contribution in [0.3, 0.4) is 0 Å². The highest BCUT2D eigenvalue weighted by atomic mass is 16.6. The molecule has 0 amide bonds. The maximum absolute atomic E-state index is 12.0.